The molecule has 0 heterocycles. The lowest BCUT2D eigenvalue weighted by molar-refractivity contribution is -0.113. The molecule has 0 atom stereocenters. The van der Waals surface area contributed by atoms with E-state index in [9.17, 15) is 4.79 Å². The van der Waals surface area contributed by atoms with Crippen molar-refractivity contribution in [3.63, 3.8) is 0 Å². The molecule has 0 aliphatic heterocycles. The summed E-state index contributed by atoms with van der Waals surface area (Å²) in [6.07, 6.45) is 3.88. The molecule has 0 N–H and O–H groups in total. The van der Waals surface area contributed by atoms with Crippen LogP contribution in [0.2, 0.25) is 0 Å². The molecule has 3 aromatic rings. The maximum Gasteiger partial charge on any atom is 0.160 e. The number of rotatable bonds is 6. The fourth-order valence-electron chi connectivity index (χ4n) is 2.32. The first kappa shape index (κ1) is 15.8. The Bertz CT molecular complexity index is 804. The van der Waals surface area contributed by atoms with Crippen molar-refractivity contribution in [1.82, 2.24) is 0 Å². The van der Waals surface area contributed by atoms with Gasteiger partial charge in [-0.25, -0.2) is 0 Å². The van der Waals surface area contributed by atoms with E-state index in [2.05, 4.69) is 0 Å². The topological polar surface area (TPSA) is 26.3 Å². The summed E-state index contributed by atoms with van der Waals surface area (Å²) in [5, 5.41) is 0. The average molecular weight is 314 g/mol. The van der Waals surface area contributed by atoms with Gasteiger partial charge in [0.05, 0.1) is 0 Å². The van der Waals surface area contributed by atoms with Crippen LogP contribution in [0, 0.1) is 0 Å². The van der Waals surface area contributed by atoms with Crippen LogP contribution in [0.4, 0.5) is 0 Å². The minimum absolute atomic E-state index is 0.0887. The predicted molar refractivity (Wildman–Crippen MR) is 97.1 cm³/mol. The SMILES string of the molecule is O=C(/C=C/c1ccc(Oc2ccccc2)cc1)Cc1ccccc1. The van der Waals surface area contributed by atoms with E-state index >= 15 is 0 Å². The largest absolute Gasteiger partial charge is 0.457 e. The van der Waals surface area contributed by atoms with Crippen molar-refractivity contribution < 1.29 is 9.53 Å². The average Bonchev–Trinajstić information content (AvgIpc) is 2.63. The second kappa shape index (κ2) is 7.93. The monoisotopic (exact) mass is 314 g/mol. The fourth-order valence-corrected chi connectivity index (χ4v) is 2.32. The van der Waals surface area contributed by atoms with Crippen LogP contribution in [-0.4, -0.2) is 5.78 Å². The molecule has 24 heavy (non-hydrogen) atoms. The van der Waals surface area contributed by atoms with E-state index in [4.69, 9.17) is 4.74 Å². The van der Waals surface area contributed by atoms with E-state index < -0.39 is 0 Å². The zero-order valence-electron chi connectivity index (χ0n) is 13.3. The first-order valence-electron chi connectivity index (χ1n) is 7.87. The number of benzene rings is 3. The Morgan fingerprint density at radius 2 is 1.33 bits per heavy atom. The highest BCUT2D eigenvalue weighted by Crippen LogP contribution is 2.21. The Morgan fingerprint density at radius 3 is 2.00 bits per heavy atom. The molecule has 0 saturated heterocycles. The maximum absolute atomic E-state index is 12.0. The molecule has 0 spiro atoms. The van der Waals surface area contributed by atoms with Gasteiger partial charge in [0.25, 0.3) is 0 Å². The third-order valence-electron chi connectivity index (χ3n) is 3.54. The summed E-state index contributed by atoms with van der Waals surface area (Å²) in [6, 6.07) is 27.1. The van der Waals surface area contributed by atoms with Gasteiger partial charge in [-0.15, -0.1) is 0 Å². The molecule has 0 fully saturated rings. The molecule has 3 rings (SSSR count). The number of carbonyl (C=O) groups excluding carboxylic acids is 1. The molecule has 0 unspecified atom stereocenters. The van der Waals surface area contributed by atoms with E-state index in [1.807, 2.05) is 91.0 Å². The predicted octanol–water partition coefficient (Wildman–Crippen LogP) is 5.30. The number of ether oxygens (including phenoxy) is 1. The molecular weight excluding hydrogens is 296 g/mol. The lowest BCUT2D eigenvalue weighted by Crippen LogP contribution is -1.97. The number of para-hydroxylation sites is 1. The molecule has 3 aromatic carbocycles. The summed E-state index contributed by atoms with van der Waals surface area (Å²) in [5.41, 5.74) is 2.00. The normalized spacial score (nSPS) is 10.7. The van der Waals surface area contributed by atoms with E-state index in [1.165, 1.54) is 0 Å². The summed E-state index contributed by atoms with van der Waals surface area (Å²) in [4.78, 5) is 12.0. The first-order chi connectivity index (χ1) is 11.8. The van der Waals surface area contributed by atoms with Crippen molar-refractivity contribution in [3.8, 4) is 11.5 Å². The Labute approximate surface area is 142 Å². The van der Waals surface area contributed by atoms with Crippen LogP contribution in [0.1, 0.15) is 11.1 Å². The second-order valence-corrected chi connectivity index (χ2v) is 5.45. The quantitative estimate of drug-likeness (QED) is 0.577. The van der Waals surface area contributed by atoms with E-state index in [0.29, 0.717) is 6.42 Å². The van der Waals surface area contributed by atoms with Gasteiger partial charge in [0, 0.05) is 6.42 Å². The molecule has 2 nitrogen and oxygen atoms in total. The van der Waals surface area contributed by atoms with Gasteiger partial charge in [-0.05, 0) is 41.5 Å². The zero-order valence-corrected chi connectivity index (χ0v) is 13.3. The van der Waals surface area contributed by atoms with Crippen molar-refractivity contribution in [3.05, 3.63) is 102 Å². The highest BCUT2D eigenvalue weighted by molar-refractivity contribution is 5.95. The molecule has 2 heteroatoms. The zero-order chi connectivity index (χ0) is 16.6. The highest BCUT2D eigenvalue weighted by atomic mass is 16.5. The van der Waals surface area contributed by atoms with Gasteiger partial charge in [-0.2, -0.15) is 0 Å². The Balaban J connectivity index is 1.58. The fraction of sp³-hybridized carbons (Fsp3) is 0.0455. The van der Waals surface area contributed by atoms with Gasteiger partial charge in [-0.3, -0.25) is 4.79 Å². The van der Waals surface area contributed by atoms with Crippen molar-refractivity contribution in [2.75, 3.05) is 0 Å². The van der Waals surface area contributed by atoms with Crippen LogP contribution in [0.5, 0.6) is 11.5 Å². The molecule has 0 radical (unpaired) electrons. The van der Waals surface area contributed by atoms with Gasteiger partial charge in [-0.1, -0.05) is 66.7 Å². The van der Waals surface area contributed by atoms with Crippen LogP contribution >= 0.6 is 0 Å². The van der Waals surface area contributed by atoms with Crippen LogP contribution < -0.4 is 4.74 Å². The standard InChI is InChI=1S/C22H18O2/c23-20(17-19-7-3-1-4-8-19)14-11-18-12-15-22(16-13-18)24-21-9-5-2-6-10-21/h1-16H,17H2/b14-11+. The summed E-state index contributed by atoms with van der Waals surface area (Å²) >= 11 is 0. The van der Waals surface area contributed by atoms with E-state index in [0.717, 1.165) is 22.6 Å². The van der Waals surface area contributed by atoms with Crippen molar-refractivity contribution in [2.45, 2.75) is 6.42 Å². The van der Waals surface area contributed by atoms with Crippen molar-refractivity contribution in [2.24, 2.45) is 0 Å². The third kappa shape index (κ3) is 4.68. The maximum atomic E-state index is 12.0. The van der Waals surface area contributed by atoms with Crippen molar-refractivity contribution >= 4 is 11.9 Å². The minimum Gasteiger partial charge on any atom is -0.457 e. The molecular formula is C22H18O2. The molecule has 118 valence electrons. The second-order valence-electron chi connectivity index (χ2n) is 5.45. The molecule has 0 bridgehead atoms. The summed E-state index contributed by atoms with van der Waals surface area (Å²) < 4.78 is 5.75. The van der Waals surface area contributed by atoms with Gasteiger partial charge < -0.3 is 4.74 Å². The lowest BCUT2D eigenvalue weighted by Gasteiger charge is -2.05. The Morgan fingerprint density at radius 1 is 0.750 bits per heavy atom. The third-order valence-corrected chi connectivity index (χ3v) is 3.54. The molecule has 0 saturated carbocycles. The van der Waals surface area contributed by atoms with E-state index in [-0.39, 0.29) is 5.78 Å². The number of carbonyl (C=O) groups is 1. The van der Waals surface area contributed by atoms with Crippen LogP contribution in [0.25, 0.3) is 6.08 Å². The number of allylic oxidation sites excluding steroid dienone is 1. The van der Waals surface area contributed by atoms with Gasteiger partial charge in [0.15, 0.2) is 5.78 Å². The van der Waals surface area contributed by atoms with E-state index in [1.54, 1.807) is 6.08 Å². The summed E-state index contributed by atoms with van der Waals surface area (Å²) in [6.45, 7) is 0. The number of ketones is 1. The summed E-state index contributed by atoms with van der Waals surface area (Å²) in [7, 11) is 0. The van der Waals surface area contributed by atoms with Gasteiger partial charge >= 0.3 is 0 Å². The van der Waals surface area contributed by atoms with Crippen LogP contribution in [0.3, 0.4) is 0 Å². The summed E-state index contributed by atoms with van der Waals surface area (Å²) in [5.74, 6) is 1.67. The lowest BCUT2D eigenvalue weighted by atomic mass is 10.1. The molecule has 0 aromatic heterocycles. The highest BCUT2D eigenvalue weighted by Gasteiger charge is 2.00. The molecule has 0 aliphatic rings. The van der Waals surface area contributed by atoms with Gasteiger partial charge in [0.2, 0.25) is 0 Å². The molecule has 0 amide bonds. The Hall–Kier alpha value is -3.13. The van der Waals surface area contributed by atoms with Gasteiger partial charge in [0.1, 0.15) is 11.5 Å². The first-order valence-corrected chi connectivity index (χ1v) is 7.87. The van der Waals surface area contributed by atoms with Crippen molar-refractivity contribution in [1.29, 1.82) is 0 Å². The van der Waals surface area contributed by atoms with Crippen LogP contribution in [-0.2, 0) is 11.2 Å². The van der Waals surface area contributed by atoms with Crippen LogP contribution in [0.15, 0.2) is 91.0 Å². The Kier molecular flexibility index (Phi) is 5.21. The molecule has 0 aliphatic carbocycles. The number of hydrogen-bond donors (Lipinski definition) is 0. The smallest absolute Gasteiger partial charge is 0.160 e. The number of hydrogen-bond acceptors (Lipinski definition) is 2. The minimum atomic E-state index is 0.0887.